The average molecular weight is 571 g/mol. The number of anilines is 1. The number of nitrogens with zero attached hydrogens (tertiary/aromatic N) is 4. The first kappa shape index (κ1) is 26.8. The van der Waals surface area contributed by atoms with E-state index in [2.05, 4.69) is 9.88 Å². The van der Waals surface area contributed by atoms with Gasteiger partial charge in [0, 0.05) is 30.7 Å². The van der Waals surface area contributed by atoms with Gasteiger partial charge in [0.15, 0.2) is 5.13 Å². The molecule has 2 saturated heterocycles. The maximum atomic E-state index is 13.3. The fourth-order valence-corrected chi connectivity index (χ4v) is 6.67. The summed E-state index contributed by atoms with van der Waals surface area (Å²) in [7, 11) is 0. The minimum absolute atomic E-state index is 0.106. The number of nitro benzene ring substituents is 1. The zero-order valence-corrected chi connectivity index (χ0v) is 21.6. The minimum atomic E-state index is -4.82. The number of non-ortho nitro benzene ring substituents is 1. The van der Waals surface area contributed by atoms with Gasteiger partial charge in [0.2, 0.25) is 0 Å². The number of aromatic nitrogens is 1. The zero-order chi connectivity index (χ0) is 27.2. The number of nitro groups is 1. The van der Waals surface area contributed by atoms with E-state index < -0.39 is 33.3 Å². The second-order valence-corrected chi connectivity index (χ2v) is 11.3. The summed E-state index contributed by atoms with van der Waals surface area (Å²) in [4.78, 5) is 31.5. The zero-order valence-electron chi connectivity index (χ0n) is 20.1. The number of piperidine rings is 2. The molecular formula is C25H23ClF4N4O3S. The van der Waals surface area contributed by atoms with Crippen molar-refractivity contribution in [1.29, 1.82) is 0 Å². The summed E-state index contributed by atoms with van der Waals surface area (Å²) in [6.07, 6.45) is -1.21. The first-order chi connectivity index (χ1) is 17.9. The van der Waals surface area contributed by atoms with E-state index in [0.717, 1.165) is 55.7 Å². The van der Waals surface area contributed by atoms with Crippen molar-refractivity contribution >= 4 is 43.8 Å². The Morgan fingerprint density at radius 2 is 1.74 bits per heavy atom. The molecule has 1 spiro atoms. The number of alkyl halides is 3. The van der Waals surface area contributed by atoms with Crippen molar-refractivity contribution in [2.24, 2.45) is 5.41 Å². The Labute approximate surface area is 223 Å². The molecule has 3 aromatic rings. The Morgan fingerprint density at radius 3 is 2.34 bits per heavy atom. The molecule has 0 atom stereocenters. The van der Waals surface area contributed by atoms with Gasteiger partial charge in [0.05, 0.1) is 15.9 Å². The Kier molecular flexibility index (Phi) is 7.08. The fourth-order valence-electron chi connectivity index (χ4n) is 5.32. The number of benzene rings is 2. The Bertz CT molecular complexity index is 1450. The van der Waals surface area contributed by atoms with Crippen molar-refractivity contribution in [3.63, 3.8) is 0 Å². The van der Waals surface area contributed by atoms with Gasteiger partial charge >= 0.3 is 6.18 Å². The van der Waals surface area contributed by atoms with Crippen LogP contribution in [0.4, 0.5) is 28.4 Å². The SMILES string of the molecule is O=c1nc(N2CCC3(CCN(Cc4ccc(F)cc4Cl)CC3)CC2)sc2c([N+](=O)[O-])cc(C(F)(F)F)cc12. The molecule has 0 N–H and O–H groups in total. The molecule has 0 aliphatic carbocycles. The molecule has 0 bridgehead atoms. The highest BCUT2D eigenvalue weighted by Crippen LogP contribution is 2.44. The van der Waals surface area contributed by atoms with E-state index in [1.807, 2.05) is 4.90 Å². The van der Waals surface area contributed by atoms with Gasteiger partial charge in [-0.25, -0.2) is 4.39 Å². The molecular weight excluding hydrogens is 548 g/mol. The number of hydrogen-bond donors (Lipinski definition) is 0. The number of rotatable bonds is 4. The third kappa shape index (κ3) is 5.34. The monoisotopic (exact) mass is 570 g/mol. The van der Waals surface area contributed by atoms with Crippen LogP contribution in [-0.2, 0) is 12.7 Å². The van der Waals surface area contributed by atoms with E-state index in [9.17, 15) is 32.5 Å². The quantitative estimate of drug-likeness (QED) is 0.209. The van der Waals surface area contributed by atoms with Crippen LogP contribution in [0.15, 0.2) is 35.1 Å². The van der Waals surface area contributed by atoms with Gasteiger partial charge in [-0.15, -0.1) is 0 Å². The van der Waals surface area contributed by atoms with E-state index in [1.54, 1.807) is 6.07 Å². The lowest BCUT2D eigenvalue weighted by molar-refractivity contribution is -0.383. The first-order valence-corrected chi connectivity index (χ1v) is 13.3. The van der Waals surface area contributed by atoms with E-state index in [1.165, 1.54) is 12.1 Å². The second-order valence-electron chi connectivity index (χ2n) is 9.93. The Morgan fingerprint density at radius 1 is 1.08 bits per heavy atom. The smallest absolute Gasteiger partial charge is 0.348 e. The molecule has 3 heterocycles. The lowest BCUT2D eigenvalue weighted by Crippen LogP contribution is -2.47. The van der Waals surface area contributed by atoms with Crippen molar-refractivity contribution in [2.45, 2.75) is 38.4 Å². The molecule has 0 unspecified atom stereocenters. The molecule has 1 aromatic heterocycles. The van der Waals surface area contributed by atoms with E-state index in [4.69, 9.17) is 11.6 Å². The van der Waals surface area contributed by atoms with Crippen molar-refractivity contribution in [2.75, 3.05) is 31.1 Å². The highest BCUT2D eigenvalue weighted by atomic mass is 35.5. The van der Waals surface area contributed by atoms with Crippen LogP contribution in [0.5, 0.6) is 0 Å². The maximum absolute atomic E-state index is 13.3. The predicted octanol–water partition coefficient (Wildman–Crippen LogP) is 6.26. The van der Waals surface area contributed by atoms with Gasteiger partial charge in [-0.3, -0.25) is 19.8 Å². The maximum Gasteiger partial charge on any atom is 0.416 e. The van der Waals surface area contributed by atoms with Crippen LogP contribution < -0.4 is 10.5 Å². The molecule has 38 heavy (non-hydrogen) atoms. The summed E-state index contributed by atoms with van der Waals surface area (Å²) in [6, 6.07) is 5.53. The van der Waals surface area contributed by atoms with Crippen molar-refractivity contribution in [3.05, 3.63) is 72.8 Å². The van der Waals surface area contributed by atoms with E-state index in [0.29, 0.717) is 36.8 Å². The molecule has 202 valence electrons. The van der Waals surface area contributed by atoms with Gasteiger partial charge in [-0.2, -0.15) is 18.2 Å². The van der Waals surface area contributed by atoms with Crippen LogP contribution in [0.25, 0.3) is 10.1 Å². The van der Waals surface area contributed by atoms with Crippen LogP contribution >= 0.6 is 22.9 Å². The number of likely N-dealkylation sites (tertiary alicyclic amines) is 1. The molecule has 7 nitrogen and oxygen atoms in total. The Balaban J connectivity index is 1.29. The number of hydrogen-bond acceptors (Lipinski definition) is 7. The molecule has 5 rings (SSSR count). The second kappa shape index (κ2) is 10.0. The van der Waals surface area contributed by atoms with Crippen LogP contribution in [0, 0.1) is 21.3 Å². The topological polar surface area (TPSA) is 79.6 Å². The van der Waals surface area contributed by atoms with E-state index in [-0.39, 0.29) is 21.1 Å². The van der Waals surface area contributed by atoms with Gasteiger partial charge in [-0.05, 0) is 68.0 Å². The summed E-state index contributed by atoms with van der Waals surface area (Å²) in [5.74, 6) is -0.366. The molecule has 0 amide bonds. The normalized spacial score (nSPS) is 18.3. The van der Waals surface area contributed by atoms with Crippen LogP contribution in [-0.4, -0.2) is 41.0 Å². The molecule has 0 radical (unpaired) electrons. The molecule has 2 aromatic carbocycles. The average Bonchev–Trinajstić information content (AvgIpc) is 2.86. The van der Waals surface area contributed by atoms with Crippen LogP contribution in [0.1, 0.15) is 36.8 Å². The van der Waals surface area contributed by atoms with Crippen molar-refractivity contribution in [1.82, 2.24) is 9.88 Å². The summed E-state index contributed by atoms with van der Waals surface area (Å²) < 4.78 is 52.9. The highest BCUT2D eigenvalue weighted by Gasteiger charge is 2.39. The van der Waals surface area contributed by atoms with Gasteiger partial charge in [-0.1, -0.05) is 29.0 Å². The summed E-state index contributed by atoms with van der Waals surface area (Å²) in [5.41, 5.74) is -1.90. The standard InChI is InChI=1S/C25H23ClF4N4O3S/c26-19-13-17(27)2-1-15(19)14-32-7-3-24(4-8-32)5-9-33(10-6-24)23-31-22(35)18-11-16(25(28,29)30)12-20(34(36)37)21(18)38-23/h1-2,11-13H,3-10,14H2. The highest BCUT2D eigenvalue weighted by molar-refractivity contribution is 7.22. The fraction of sp³-hybridized carbons (Fsp3) is 0.440. The predicted molar refractivity (Wildman–Crippen MR) is 137 cm³/mol. The van der Waals surface area contributed by atoms with Gasteiger partial charge < -0.3 is 4.90 Å². The summed E-state index contributed by atoms with van der Waals surface area (Å²) in [5, 5.41) is 11.8. The first-order valence-electron chi connectivity index (χ1n) is 12.1. The van der Waals surface area contributed by atoms with Gasteiger partial charge in [0.1, 0.15) is 10.5 Å². The van der Waals surface area contributed by atoms with E-state index >= 15 is 0 Å². The number of fused-ring (bicyclic) bond motifs is 1. The summed E-state index contributed by atoms with van der Waals surface area (Å²) >= 11 is 7.06. The lowest BCUT2D eigenvalue weighted by Gasteiger charge is -2.47. The Hall–Kier alpha value is -2.83. The number of halogens is 5. The molecule has 0 saturated carbocycles. The lowest BCUT2D eigenvalue weighted by atomic mass is 9.71. The molecule has 13 heteroatoms. The third-order valence-corrected chi connectivity index (χ3v) is 9.15. The van der Waals surface area contributed by atoms with Gasteiger partial charge in [0.25, 0.3) is 11.2 Å². The molecule has 2 fully saturated rings. The van der Waals surface area contributed by atoms with Crippen molar-refractivity contribution in [3.8, 4) is 0 Å². The third-order valence-electron chi connectivity index (χ3n) is 7.63. The largest absolute Gasteiger partial charge is 0.416 e. The minimum Gasteiger partial charge on any atom is -0.348 e. The van der Waals surface area contributed by atoms with Crippen LogP contribution in [0.2, 0.25) is 5.02 Å². The molecule has 2 aliphatic rings. The van der Waals surface area contributed by atoms with Crippen LogP contribution in [0.3, 0.4) is 0 Å². The summed E-state index contributed by atoms with van der Waals surface area (Å²) in [6.45, 7) is 3.55. The van der Waals surface area contributed by atoms with Crippen molar-refractivity contribution < 1.29 is 22.5 Å². The molecule has 2 aliphatic heterocycles.